The molecule has 48 heavy (non-hydrogen) atoms. The Balaban J connectivity index is 1.45. The van der Waals surface area contributed by atoms with E-state index in [2.05, 4.69) is 46.8 Å². The molecule has 3 saturated carbocycles. The first-order valence-electron chi connectivity index (χ1n) is 18.0. The van der Waals surface area contributed by atoms with Crippen LogP contribution in [0.1, 0.15) is 120 Å². The van der Waals surface area contributed by atoms with E-state index in [1.54, 1.807) is 12.2 Å². The van der Waals surface area contributed by atoms with Gasteiger partial charge < -0.3 is 20.1 Å². The molecule has 0 unspecified atom stereocenters. The summed E-state index contributed by atoms with van der Waals surface area (Å²) in [6.45, 7) is 15.6. The van der Waals surface area contributed by atoms with Crippen molar-refractivity contribution in [1.29, 1.82) is 0 Å². The Morgan fingerprint density at radius 1 is 1.00 bits per heavy atom. The predicted octanol–water partition coefficient (Wildman–Crippen LogP) is 7.31. The van der Waals surface area contributed by atoms with E-state index in [4.69, 9.17) is 4.74 Å². The van der Waals surface area contributed by atoms with Gasteiger partial charge in [0.05, 0.1) is 11.5 Å². The largest absolute Gasteiger partial charge is 0.461 e. The van der Waals surface area contributed by atoms with Gasteiger partial charge in [0.15, 0.2) is 11.6 Å². The predicted molar refractivity (Wildman–Crippen MR) is 189 cm³/mol. The molecule has 3 N–H and O–H groups in total. The summed E-state index contributed by atoms with van der Waals surface area (Å²) < 4.78 is 5.78. The monoisotopic (exact) mass is 664 g/mol. The average molecular weight is 665 g/mol. The summed E-state index contributed by atoms with van der Waals surface area (Å²) in [6.07, 6.45) is 15.9. The van der Waals surface area contributed by atoms with Crippen LogP contribution in [0, 0.1) is 34.0 Å². The summed E-state index contributed by atoms with van der Waals surface area (Å²) in [5.74, 6) is -1.24. The molecule has 4 rings (SSSR count). The van der Waals surface area contributed by atoms with Crippen molar-refractivity contribution in [3.05, 3.63) is 58.2 Å². The van der Waals surface area contributed by atoms with E-state index < -0.39 is 40.3 Å². The maximum absolute atomic E-state index is 13.5. The topological polar surface area (TPSA) is 121 Å². The molecule has 0 saturated heterocycles. The van der Waals surface area contributed by atoms with Crippen molar-refractivity contribution in [2.24, 2.45) is 34.0 Å². The van der Waals surface area contributed by atoms with Crippen LogP contribution >= 0.6 is 0 Å². The third-order valence-electron chi connectivity index (χ3n) is 12.5. The maximum Gasteiger partial charge on any atom is 0.312 e. The number of Topliss-reactive ketones (excluding diaryl/α,β-unsaturated/α-hetero) is 1. The van der Waals surface area contributed by atoms with Gasteiger partial charge in [-0.1, -0.05) is 53.9 Å². The Morgan fingerprint density at radius 2 is 1.65 bits per heavy atom. The number of hydrogen-bond donors (Lipinski definition) is 3. The molecule has 4 aliphatic rings. The molecule has 0 bridgehead atoms. The number of allylic oxidation sites excluding steroid dienone is 9. The zero-order valence-corrected chi connectivity index (χ0v) is 30.7. The molecular weight excluding hydrogens is 604 g/mol. The highest BCUT2D eigenvalue weighted by Gasteiger charge is 2.68. The number of ether oxygens (including phenoxy) is 1. The molecule has 0 aromatic heterocycles. The zero-order chi connectivity index (χ0) is 35.7. The highest BCUT2D eigenvalue weighted by Crippen LogP contribution is 2.68. The fraction of sp³-hybridized carbons (Fsp3) is 0.683. The van der Waals surface area contributed by atoms with Crippen LogP contribution < -0.4 is 0 Å². The van der Waals surface area contributed by atoms with Crippen LogP contribution in [0.5, 0.6) is 0 Å². The van der Waals surface area contributed by atoms with E-state index in [9.17, 15) is 29.7 Å². The van der Waals surface area contributed by atoms with Crippen LogP contribution in [0.3, 0.4) is 0 Å². The standard InChI is InChI=1S/C41H60O7/c1-26(2)11-9-12-27(3)13-10-14-28(4)18-20-48-37(46)38(5,6)23-30-22-31(43)21-29-15-16-32-33-17-19-41(47,35(45)25-42)39(33,7)24-34(44)36(32)40(29,30)8/h11,13,18,21-22,32-34,36,42,44,47H,9-10,12,14-17,19-20,23-25H2,1-8H3/t32-,33-,34-,36+,39-,40+,41-/m0/s1. The highest BCUT2D eigenvalue weighted by atomic mass is 16.5. The molecule has 0 amide bonds. The third kappa shape index (κ3) is 7.29. The molecule has 7 atom stereocenters. The molecule has 0 heterocycles. The first-order valence-corrected chi connectivity index (χ1v) is 18.0. The van der Waals surface area contributed by atoms with E-state index in [-0.39, 0.29) is 49.0 Å². The minimum absolute atomic E-state index is 0.0113. The number of aliphatic hydroxyl groups excluding tert-OH is 2. The molecule has 4 aliphatic carbocycles. The van der Waals surface area contributed by atoms with Crippen molar-refractivity contribution < 1.29 is 34.4 Å². The van der Waals surface area contributed by atoms with Gasteiger partial charge in [-0.25, -0.2) is 0 Å². The number of fused-ring (bicyclic) bond motifs is 5. The molecule has 0 aliphatic heterocycles. The van der Waals surface area contributed by atoms with Crippen LogP contribution in [0.25, 0.3) is 0 Å². The molecule has 3 fully saturated rings. The van der Waals surface area contributed by atoms with Gasteiger partial charge in [-0.15, -0.1) is 0 Å². The molecule has 0 aromatic carbocycles. The van der Waals surface area contributed by atoms with Crippen molar-refractivity contribution in [1.82, 2.24) is 0 Å². The van der Waals surface area contributed by atoms with Crippen molar-refractivity contribution in [2.45, 2.75) is 131 Å². The lowest BCUT2D eigenvalue weighted by Gasteiger charge is -2.61. The Bertz CT molecular complexity index is 1420. The SMILES string of the molecule is CC(C)=CCCC(C)=CCCC(C)=CCOC(=O)C(C)(C)CC1=CC(=O)C=C2CC[C@@H]3[C@H]([C@@H](O)C[C@@]4(C)[C@H]3CC[C@]4(O)C(=O)CO)[C@]21C. The fourth-order valence-electron chi connectivity index (χ4n) is 9.71. The number of aliphatic hydroxyl groups is 3. The third-order valence-corrected chi connectivity index (χ3v) is 12.5. The summed E-state index contributed by atoms with van der Waals surface area (Å²) in [6, 6.07) is 0. The molecule has 0 radical (unpaired) electrons. The van der Waals surface area contributed by atoms with Gasteiger partial charge in [0.1, 0.15) is 18.8 Å². The Hall–Kier alpha value is -2.61. The highest BCUT2D eigenvalue weighted by molar-refractivity contribution is 6.02. The summed E-state index contributed by atoms with van der Waals surface area (Å²) in [7, 11) is 0. The number of carbonyl (C=O) groups is 3. The summed E-state index contributed by atoms with van der Waals surface area (Å²) >= 11 is 0. The van der Waals surface area contributed by atoms with E-state index in [1.807, 2.05) is 26.8 Å². The summed E-state index contributed by atoms with van der Waals surface area (Å²) in [4.78, 5) is 39.3. The summed E-state index contributed by atoms with van der Waals surface area (Å²) in [5.41, 5.74) is 1.64. The maximum atomic E-state index is 13.5. The number of rotatable bonds is 13. The van der Waals surface area contributed by atoms with E-state index >= 15 is 0 Å². The second kappa shape index (κ2) is 14.7. The minimum atomic E-state index is -1.67. The number of esters is 1. The molecule has 0 spiro atoms. The zero-order valence-electron chi connectivity index (χ0n) is 30.7. The van der Waals surface area contributed by atoms with Crippen LogP contribution in [-0.4, -0.2) is 57.8 Å². The van der Waals surface area contributed by atoms with Crippen LogP contribution in [0.2, 0.25) is 0 Å². The van der Waals surface area contributed by atoms with Crippen molar-refractivity contribution in [2.75, 3.05) is 13.2 Å². The Morgan fingerprint density at radius 3 is 2.29 bits per heavy atom. The summed E-state index contributed by atoms with van der Waals surface area (Å²) in [5, 5.41) is 33.2. The minimum Gasteiger partial charge on any atom is -0.461 e. The number of carbonyl (C=O) groups excluding carboxylic acids is 3. The fourth-order valence-corrected chi connectivity index (χ4v) is 9.71. The van der Waals surface area contributed by atoms with Crippen molar-refractivity contribution in [3.63, 3.8) is 0 Å². The van der Waals surface area contributed by atoms with Gasteiger partial charge in [-0.2, -0.15) is 0 Å². The molecule has 0 aromatic rings. The van der Waals surface area contributed by atoms with Crippen molar-refractivity contribution >= 4 is 17.5 Å². The van der Waals surface area contributed by atoms with E-state index in [1.165, 1.54) is 16.7 Å². The second-order valence-electron chi connectivity index (χ2n) is 16.6. The lowest BCUT2D eigenvalue weighted by atomic mass is 9.44. The van der Waals surface area contributed by atoms with Gasteiger partial charge in [0.25, 0.3) is 0 Å². The van der Waals surface area contributed by atoms with Gasteiger partial charge >= 0.3 is 5.97 Å². The number of hydrogen-bond acceptors (Lipinski definition) is 7. The van der Waals surface area contributed by atoms with Crippen LogP contribution in [0.4, 0.5) is 0 Å². The molecule has 266 valence electrons. The quantitative estimate of drug-likeness (QED) is 0.140. The number of ketones is 2. The van der Waals surface area contributed by atoms with Crippen LogP contribution in [-0.2, 0) is 19.1 Å². The molecular formula is C41H60O7. The van der Waals surface area contributed by atoms with E-state index in [0.717, 1.165) is 43.3 Å². The van der Waals surface area contributed by atoms with Gasteiger partial charge in [0.2, 0.25) is 0 Å². The molecule has 7 nitrogen and oxygen atoms in total. The Kier molecular flexibility index (Phi) is 11.7. The van der Waals surface area contributed by atoms with Gasteiger partial charge in [-0.05, 0) is 136 Å². The van der Waals surface area contributed by atoms with Crippen molar-refractivity contribution in [3.8, 4) is 0 Å². The lowest BCUT2D eigenvalue weighted by Crippen LogP contribution is -2.62. The normalized spacial score (nSPS) is 33.6. The first kappa shape index (κ1) is 38.2. The smallest absolute Gasteiger partial charge is 0.312 e. The van der Waals surface area contributed by atoms with E-state index in [0.29, 0.717) is 19.3 Å². The van der Waals surface area contributed by atoms with Crippen LogP contribution in [0.15, 0.2) is 58.2 Å². The average Bonchev–Trinajstić information content (AvgIpc) is 3.27. The second-order valence-corrected chi connectivity index (χ2v) is 16.6. The Labute approximate surface area is 288 Å². The first-order chi connectivity index (χ1) is 22.4. The van der Waals surface area contributed by atoms with Gasteiger partial charge in [0, 0.05) is 16.7 Å². The van der Waals surface area contributed by atoms with Gasteiger partial charge in [-0.3, -0.25) is 14.4 Å². The lowest BCUT2D eigenvalue weighted by molar-refractivity contribution is -0.179. The molecule has 7 heteroatoms.